The number of likely N-dealkylation sites (N-methyl/N-ethyl adjacent to an activating group) is 1. The fraction of sp³-hybridized carbons (Fsp3) is 0.386. The molecule has 0 bridgehead atoms. The highest BCUT2D eigenvalue weighted by molar-refractivity contribution is 8.00. The van der Waals surface area contributed by atoms with Gasteiger partial charge in [-0.3, -0.25) is 4.58 Å². The summed E-state index contributed by atoms with van der Waals surface area (Å²) in [6.07, 6.45) is 31.8. The number of hydrogen-bond donors (Lipinski definition) is 0. The molecule has 5 atom stereocenters. The summed E-state index contributed by atoms with van der Waals surface area (Å²) in [5.74, 6) is 3.02. The lowest BCUT2D eigenvalue weighted by Crippen LogP contribution is -2.41. The second-order valence-electron chi connectivity index (χ2n) is 15.1. The largest absolute Gasteiger partial charge is 0.286 e. The summed E-state index contributed by atoms with van der Waals surface area (Å²) in [7, 11) is 2.34. The summed E-state index contributed by atoms with van der Waals surface area (Å²) in [6, 6.07) is 8.11. The Balaban J connectivity index is 1.35. The van der Waals surface area contributed by atoms with E-state index < -0.39 is 0 Å². The molecule has 0 fully saturated rings. The topological polar surface area (TPSA) is 6.25 Å². The second kappa shape index (κ2) is 11.8. The molecule has 4 aliphatic carbocycles. The van der Waals surface area contributed by atoms with Crippen LogP contribution >= 0.6 is 11.8 Å². The van der Waals surface area contributed by atoms with E-state index in [1.54, 1.807) is 11.1 Å². The molecule has 0 radical (unpaired) electrons. The monoisotopic (exact) mass is 637 g/mol. The van der Waals surface area contributed by atoms with Crippen LogP contribution in [0.4, 0.5) is 5.69 Å². The summed E-state index contributed by atoms with van der Waals surface area (Å²) >= 11 is 2.12. The van der Waals surface area contributed by atoms with Crippen molar-refractivity contribution in [3.8, 4) is 0 Å². The van der Waals surface area contributed by atoms with Crippen molar-refractivity contribution < 1.29 is 4.58 Å². The van der Waals surface area contributed by atoms with Crippen LogP contribution in [0.2, 0.25) is 0 Å². The van der Waals surface area contributed by atoms with E-state index in [2.05, 4.69) is 161 Å². The first kappa shape index (κ1) is 30.8. The van der Waals surface area contributed by atoms with Crippen LogP contribution in [0.1, 0.15) is 110 Å². The molecule has 47 heavy (non-hydrogen) atoms. The Morgan fingerprint density at radius 2 is 1.60 bits per heavy atom. The Labute approximate surface area is 286 Å². The highest BCUT2D eigenvalue weighted by atomic mass is 32.2. The molecule has 2 nitrogen and oxygen atoms in total. The molecule has 6 aliphatic rings. The van der Waals surface area contributed by atoms with Gasteiger partial charge < -0.3 is 0 Å². The van der Waals surface area contributed by atoms with Gasteiger partial charge in [-0.2, -0.15) is 0 Å². The molecular weight excluding hydrogens is 589 g/mol. The van der Waals surface area contributed by atoms with Crippen molar-refractivity contribution in [2.24, 2.45) is 0 Å². The van der Waals surface area contributed by atoms with Crippen LogP contribution in [-0.4, -0.2) is 34.8 Å². The predicted molar refractivity (Wildman–Crippen MR) is 202 cm³/mol. The van der Waals surface area contributed by atoms with E-state index in [0.717, 1.165) is 12.8 Å². The average molecular weight is 638 g/mol. The summed E-state index contributed by atoms with van der Waals surface area (Å²) in [6.45, 7) is 14.3. The van der Waals surface area contributed by atoms with Crippen LogP contribution in [0, 0.1) is 13.8 Å². The van der Waals surface area contributed by atoms with Gasteiger partial charge in [0.25, 0.3) is 5.84 Å². The van der Waals surface area contributed by atoms with Gasteiger partial charge >= 0.3 is 0 Å². The highest BCUT2D eigenvalue weighted by Gasteiger charge is 2.51. The quantitative estimate of drug-likeness (QED) is 0.301. The van der Waals surface area contributed by atoms with Gasteiger partial charge in [-0.05, 0) is 90.5 Å². The molecular formula is C44H49N2S+. The van der Waals surface area contributed by atoms with Gasteiger partial charge in [0.1, 0.15) is 5.69 Å². The molecule has 0 N–H and O–H groups in total. The molecule has 8 rings (SSSR count). The fourth-order valence-corrected chi connectivity index (χ4v) is 10.7. The van der Waals surface area contributed by atoms with Crippen LogP contribution in [0.3, 0.4) is 0 Å². The van der Waals surface area contributed by atoms with Gasteiger partial charge in [0.05, 0.1) is 12.6 Å². The van der Waals surface area contributed by atoms with E-state index in [-0.39, 0.29) is 12.1 Å². The van der Waals surface area contributed by atoms with Crippen molar-refractivity contribution in [3.63, 3.8) is 0 Å². The lowest BCUT2D eigenvalue weighted by atomic mass is 9.80. The maximum atomic E-state index is 2.77. The van der Waals surface area contributed by atoms with Crippen LogP contribution in [0.25, 0.3) is 0 Å². The van der Waals surface area contributed by atoms with E-state index in [9.17, 15) is 0 Å². The number of hydrogen-bond acceptors (Lipinski definition) is 2. The normalized spacial score (nSPS) is 27.0. The minimum Gasteiger partial charge on any atom is -0.253 e. The SMILES string of the molecule is Cc1cc(C)c2c(c1C1=[N+](C)C3C=CC=CC3N1c1c(C(C)C)cc(C3C=CC=CC3)cc1C(C)C)SC1C=C3CCC=CC3=CC21. The third-order valence-corrected chi connectivity index (χ3v) is 12.7. The molecule has 5 unspecified atom stereocenters. The molecule has 0 aromatic heterocycles. The number of amidine groups is 1. The van der Waals surface area contributed by atoms with Gasteiger partial charge in [-0.1, -0.05) is 107 Å². The molecule has 0 amide bonds. The van der Waals surface area contributed by atoms with Gasteiger partial charge in [0, 0.05) is 33.1 Å². The smallest absolute Gasteiger partial charge is 0.253 e. The Morgan fingerprint density at radius 1 is 0.851 bits per heavy atom. The minimum atomic E-state index is 0.237. The maximum absolute atomic E-state index is 2.77. The van der Waals surface area contributed by atoms with Crippen LogP contribution in [0.5, 0.6) is 0 Å². The number of rotatable bonds is 5. The summed E-state index contributed by atoms with van der Waals surface area (Å²) < 4.78 is 2.60. The Bertz CT molecular complexity index is 1880. The molecule has 2 aliphatic heterocycles. The van der Waals surface area contributed by atoms with Crippen molar-refractivity contribution in [3.05, 3.63) is 141 Å². The van der Waals surface area contributed by atoms with E-state index in [1.165, 1.54) is 61.8 Å². The van der Waals surface area contributed by atoms with Crippen LogP contribution < -0.4 is 4.90 Å². The number of anilines is 1. The summed E-state index contributed by atoms with van der Waals surface area (Å²) in [5, 5.41) is 0.464. The molecule has 0 spiro atoms. The van der Waals surface area contributed by atoms with E-state index in [1.807, 2.05) is 0 Å². The Hall–Kier alpha value is -3.56. The zero-order chi connectivity index (χ0) is 32.6. The predicted octanol–water partition coefficient (Wildman–Crippen LogP) is 10.7. The fourth-order valence-electron chi connectivity index (χ4n) is 9.00. The van der Waals surface area contributed by atoms with Gasteiger partial charge in [-0.25, -0.2) is 4.90 Å². The molecule has 0 saturated heterocycles. The Morgan fingerprint density at radius 3 is 2.32 bits per heavy atom. The number of allylic oxidation sites excluding steroid dienone is 11. The first-order chi connectivity index (χ1) is 22.7. The Kier molecular flexibility index (Phi) is 7.75. The van der Waals surface area contributed by atoms with Crippen molar-refractivity contribution in [2.75, 3.05) is 11.9 Å². The van der Waals surface area contributed by atoms with Crippen molar-refractivity contribution in [2.45, 2.75) is 107 Å². The summed E-state index contributed by atoms with van der Waals surface area (Å²) in [4.78, 5) is 4.27. The van der Waals surface area contributed by atoms with Gasteiger partial charge in [-0.15, -0.1) is 11.8 Å². The lowest BCUT2D eigenvalue weighted by Gasteiger charge is -2.30. The van der Waals surface area contributed by atoms with Crippen molar-refractivity contribution in [1.82, 2.24) is 0 Å². The first-order valence-corrected chi connectivity index (χ1v) is 18.8. The number of thioether (sulfide) groups is 1. The second-order valence-corrected chi connectivity index (χ2v) is 16.2. The van der Waals surface area contributed by atoms with Crippen LogP contribution in [-0.2, 0) is 0 Å². The zero-order valence-electron chi connectivity index (χ0n) is 29.1. The highest BCUT2D eigenvalue weighted by Crippen LogP contribution is 2.55. The van der Waals surface area contributed by atoms with Gasteiger partial charge in [0.15, 0.2) is 12.1 Å². The third kappa shape index (κ3) is 4.95. The molecule has 2 heterocycles. The number of fused-ring (bicyclic) bond motifs is 5. The van der Waals surface area contributed by atoms with E-state index in [4.69, 9.17) is 0 Å². The van der Waals surface area contributed by atoms with Crippen molar-refractivity contribution >= 4 is 23.3 Å². The number of benzene rings is 2. The summed E-state index contributed by atoms with van der Waals surface area (Å²) in [5.41, 5.74) is 14.6. The van der Waals surface area contributed by atoms with Crippen LogP contribution in [0.15, 0.2) is 107 Å². The molecule has 2 aromatic rings. The third-order valence-electron chi connectivity index (χ3n) is 11.3. The number of aryl methyl sites for hydroxylation is 2. The standard InChI is InChI=1S/C44H49N2S/c1-26(2)34-23-33(30-15-9-8-10-16-30)24-35(27(3)4)42(34)46-38-20-14-13-19-37(38)45(7)44(46)41-29(6)21-28(5)40-36-22-31-17-11-12-18-32(31)25-39(36)47-43(40)41/h8-11,13-15,17,19-27,30,36-39H,12,16,18H2,1-7H3/q+1. The number of nitrogens with zero attached hydrogens (tertiary/aromatic N) is 2. The molecule has 240 valence electrons. The molecule has 3 heteroatoms. The molecule has 2 aromatic carbocycles. The van der Waals surface area contributed by atoms with E-state index in [0.29, 0.717) is 28.9 Å². The maximum Gasteiger partial charge on any atom is 0.286 e. The minimum absolute atomic E-state index is 0.237. The first-order valence-electron chi connectivity index (χ1n) is 17.9. The zero-order valence-corrected chi connectivity index (χ0v) is 29.9. The van der Waals surface area contributed by atoms with Gasteiger partial charge in [0.2, 0.25) is 0 Å². The average Bonchev–Trinajstić information content (AvgIpc) is 3.58. The molecule has 0 saturated carbocycles. The lowest BCUT2D eigenvalue weighted by molar-refractivity contribution is -0.517. The van der Waals surface area contributed by atoms with E-state index >= 15 is 0 Å². The van der Waals surface area contributed by atoms with Crippen molar-refractivity contribution in [1.29, 1.82) is 0 Å².